The topological polar surface area (TPSA) is 65.1 Å². The molecule has 136 valence electrons. The normalized spacial score (nSPS) is 30.6. The summed E-state index contributed by atoms with van der Waals surface area (Å²) in [5, 5.41) is 0. The Morgan fingerprint density at radius 2 is 1.29 bits per heavy atom. The fourth-order valence-electron chi connectivity index (χ4n) is 3.37. The Labute approximate surface area is 144 Å². The number of amides is 2. The summed E-state index contributed by atoms with van der Waals surface area (Å²) in [5.41, 5.74) is 0. The van der Waals surface area contributed by atoms with Gasteiger partial charge in [-0.2, -0.15) is 0 Å². The van der Waals surface area contributed by atoms with E-state index >= 15 is 0 Å². The van der Waals surface area contributed by atoms with Crippen LogP contribution < -0.4 is 0 Å². The van der Waals surface area contributed by atoms with E-state index in [0.717, 1.165) is 0 Å². The number of hydrogen-bond donors (Lipinski definition) is 0. The van der Waals surface area contributed by atoms with Gasteiger partial charge in [0.2, 0.25) is 0 Å². The van der Waals surface area contributed by atoms with Crippen molar-refractivity contribution in [2.75, 3.05) is 0 Å². The highest BCUT2D eigenvalue weighted by molar-refractivity contribution is 6.13. The number of ether oxygens (including phenoxy) is 3. The highest BCUT2D eigenvalue weighted by atomic mass is 16.6. The van der Waals surface area contributed by atoms with Crippen LogP contribution in [0.3, 0.4) is 0 Å². The van der Waals surface area contributed by atoms with Crippen molar-refractivity contribution in [1.29, 1.82) is 0 Å². The van der Waals surface area contributed by atoms with Crippen LogP contribution in [0.2, 0.25) is 0 Å². The molecular weight excluding hydrogens is 310 g/mol. The van der Waals surface area contributed by atoms with Crippen molar-refractivity contribution in [1.82, 2.24) is 4.90 Å². The monoisotopic (exact) mass is 339 g/mol. The summed E-state index contributed by atoms with van der Waals surface area (Å²) in [6.07, 6.45) is 2.17. The number of rotatable bonds is 7. The van der Waals surface area contributed by atoms with Crippen molar-refractivity contribution in [2.45, 2.75) is 90.6 Å². The summed E-state index contributed by atoms with van der Waals surface area (Å²) >= 11 is 0. The fraction of sp³-hybridized carbons (Fsp3) is 0.778. The second-order valence-corrected chi connectivity index (χ2v) is 7.21. The Hall–Kier alpha value is -1.24. The quantitative estimate of drug-likeness (QED) is 0.664. The summed E-state index contributed by atoms with van der Waals surface area (Å²) in [4.78, 5) is 25.6. The van der Waals surface area contributed by atoms with E-state index in [4.69, 9.17) is 14.2 Å². The van der Waals surface area contributed by atoms with Crippen LogP contribution >= 0.6 is 0 Å². The van der Waals surface area contributed by atoms with Crippen molar-refractivity contribution in [3.8, 4) is 0 Å². The van der Waals surface area contributed by atoms with Gasteiger partial charge in [-0.25, -0.2) is 0 Å². The Morgan fingerprint density at radius 3 is 1.75 bits per heavy atom. The third-order valence-electron chi connectivity index (χ3n) is 4.02. The van der Waals surface area contributed by atoms with E-state index in [2.05, 4.69) is 0 Å². The van der Waals surface area contributed by atoms with E-state index in [1.807, 2.05) is 41.5 Å². The Morgan fingerprint density at radius 1 is 0.833 bits per heavy atom. The average Bonchev–Trinajstić information content (AvgIpc) is 2.91. The zero-order chi connectivity index (χ0) is 18.0. The summed E-state index contributed by atoms with van der Waals surface area (Å²) in [6, 6.07) is -0.380. The zero-order valence-electron chi connectivity index (χ0n) is 15.4. The molecule has 0 N–H and O–H groups in total. The molecule has 0 radical (unpaired) electrons. The van der Waals surface area contributed by atoms with E-state index in [0.29, 0.717) is 6.42 Å². The Kier molecular flexibility index (Phi) is 6.17. The van der Waals surface area contributed by atoms with Crippen molar-refractivity contribution >= 4 is 11.8 Å². The molecular formula is C18H29NO5. The first-order valence-corrected chi connectivity index (χ1v) is 8.72. The van der Waals surface area contributed by atoms with Crippen LogP contribution in [0.1, 0.15) is 48.0 Å². The molecule has 1 saturated carbocycles. The smallest absolute Gasteiger partial charge is 0.253 e. The molecule has 6 heteroatoms. The van der Waals surface area contributed by atoms with Gasteiger partial charge < -0.3 is 14.2 Å². The van der Waals surface area contributed by atoms with Crippen molar-refractivity contribution in [3.63, 3.8) is 0 Å². The molecule has 1 aliphatic heterocycles. The van der Waals surface area contributed by atoms with E-state index < -0.39 is 6.10 Å². The first kappa shape index (κ1) is 19.1. The second kappa shape index (κ2) is 7.76. The predicted octanol–water partition coefficient (Wildman–Crippen LogP) is 2.06. The lowest BCUT2D eigenvalue weighted by Gasteiger charge is -2.32. The summed E-state index contributed by atoms with van der Waals surface area (Å²) in [6.45, 7) is 11.7. The highest BCUT2D eigenvalue weighted by Crippen LogP contribution is 2.35. The molecule has 0 aromatic carbocycles. The molecule has 0 saturated heterocycles. The van der Waals surface area contributed by atoms with Gasteiger partial charge in [0.15, 0.2) is 0 Å². The molecule has 2 aliphatic rings. The fourth-order valence-corrected chi connectivity index (χ4v) is 3.37. The minimum Gasteiger partial charge on any atom is -0.373 e. The Balaban J connectivity index is 2.30. The molecule has 0 bridgehead atoms. The molecule has 1 fully saturated rings. The van der Waals surface area contributed by atoms with Gasteiger partial charge in [0.1, 0.15) is 12.2 Å². The lowest BCUT2D eigenvalue weighted by molar-refractivity contribution is -0.158. The van der Waals surface area contributed by atoms with Crippen molar-refractivity contribution < 1.29 is 23.8 Å². The Bertz CT molecular complexity index is 482. The number of carbonyl (C=O) groups is 2. The number of imide groups is 1. The van der Waals surface area contributed by atoms with Crippen molar-refractivity contribution in [3.05, 3.63) is 12.2 Å². The number of hydrogen-bond acceptors (Lipinski definition) is 5. The summed E-state index contributed by atoms with van der Waals surface area (Å²) in [7, 11) is 0. The van der Waals surface area contributed by atoms with Crippen LogP contribution in [0.15, 0.2) is 12.2 Å². The first-order valence-electron chi connectivity index (χ1n) is 8.72. The highest BCUT2D eigenvalue weighted by Gasteiger charge is 2.51. The van der Waals surface area contributed by atoms with E-state index in [9.17, 15) is 9.59 Å². The average molecular weight is 339 g/mol. The second-order valence-electron chi connectivity index (χ2n) is 7.21. The molecule has 24 heavy (non-hydrogen) atoms. The molecule has 1 aliphatic carbocycles. The first-order chi connectivity index (χ1) is 11.2. The maximum absolute atomic E-state index is 12.1. The standard InChI is InChI=1S/C18H29NO5/c1-10(2)22-14-9-13(19-15(20)7-8-16(19)21)17(23-11(3)4)18(14)24-12(5)6/h7-8,10-14,17-18H,9H2,1-6H3/t13-,14-,17-,18-/m0/s1. The third-order valence-corrected chi connectivity index (χ3v) is 4.02. The van der Waals surface area contributed by atoms with Gasteiger partial charge in [0.25, 0.3) is 11.8 Å². The van der Waals surface area contributed by atoms with Crippen molar-refractivity contribution in [2.24, 2.45) is 0 Å². The van der Waals surface area contributed by atoms with E-state index in [1.54, 1.807) is 0 Å². The summed E-state index contributed by atoms with van der Waals surface area (Å²) < 4.78 is 18.2. The van der Waals surface area contributed by atoms with Gasteiger partial charge in [0, 0.05) is 12.2 Å². The van der Waals surface area contributed by atoms with E-state index in [-0.39, 0.29) is 48.4 Å². The molecule has 0 unspecified atom stereocenters. The minimum absolute atomic E-state index is 0.00613. The van der Waals surface area contributed by atoms with Crippen LogP contribution in [0.25, 0.3) is 0 Å². The molecule has 2 amide bonds. The largest absolute Gasteiger partial charge is 0.373 e. The van der Waals surface area contributed by atoms with Crippen LogP contribution in [0, 0.1) is 0 Å². The minimum atomic E-state index is -0.399. The maximum Gasteiger partial charge on any atom is 0.253 e. The van der Waals surface area contributed by atoms with Crippen LogP contribution in [-0.2, 0) is 23.8 Å². The molecule has 0 aromatic rings. The van der Waals surface area contributed by atoms with E-state index in [1.165, 1.54) is 17.1 Å². The maximum atomic E-state index is 12.1. The number of carbonyl (C=O) groups excluding carboxylic acids is 2. The number of nitrogens with zero attached hydrogens (tertiary/aromatic N) is 1. The summed E-state index contributed by atoms with van der Waals surface area (Å²) in [5.74, 6) is -0.591. The lowest BCUT2D eigenvalue weighted by atomic mass is 10.1. The third kappa shape index (κ3) is 4.23. The molecule has 6 nitrogen and oxygen atoms in total. The van der Waals surface area contributed by atoms with Gasteiger partial charge in [-0.1, -0.05) is 0 Å². The van der Waals surface area contributed by atoms with Crippen LogP contribution in [0.4, 0.5) is 0 Å². The SMILES string of the molecule is CC(C)O[C@@H]1[C@@H](OC(C)C)[C@@H](N2C(=O)C=CC2=O)C[C@@H]1OC(C)C. The van der Waals surface area contributed by atoms with Crippen LogP contribution in [0.5, 0.6) is 0 Å². The molecule has 0 aromatic heterocycles. The zero-order valence-corrected chi connectivity index (χ0v) is 15.4. The van der Waals surface area contributed by atoms with Gasteiger partial charge in [-0.3, -0.25) is 14.5 Å². The lowest BCUT2D eigenvalue weighted by Crippen LogP contribution is -2.49. The van der Waals surface area contributed by atoms with Gasteiger partial charge in [-0.15, -0.1) is 0 Å². The van der Waals surface area contributed by atoms with Gasteiger partial charge in [0.05, 0.1) is 30.5 Å². The molecule has 0 spiro atoms. The molecule has 4 atom stereocenters. The molecule has 1 heterocycles. The predicted molar refractivity (Wildman–Crippen MR) is 89.4 cm³/mol. The van der Waals surface area contributed by atoms with Gasteiger partial charge >= 0.3 is 0 Å². The van der Waals surface area contributed by atoms with Crippen LogP contribution in [-0.4, -0.2) is 59.4 Å². The molecule has 2 rings (SSSR count). The van der Waals surface area contributed by atoms with Gasteiger partial charge in [-0.05, 0) is 48.0 Å².